The Kier molecular flexibility index (Phi) is 6.54. The Morgan fingerprint density at radius 2 is 1.89 bits per heavy atom. The second kappa shape index (κ2) is 7.95. The van der Waals surface area contributed by atoms with Crippen molar-refractivity contribution in [3.63, 3.8) is 0 Å². The molecule has 0 fully saturated rings. The van der Waals surface area contributed by atoms with Crippen LogP contribution in [-0.2, 0) is 11.2 Å². The molecule has 102 valence electrons. The van der Waals surface area contributed by atoms with Crippen LogP contribution in [0.2, 0.25) is 0 Å². The van der Waals surface area contributed by atoms with E-state index in [9.17, 15) is 0 Å². The van der Waals surface area contributed by atoms with Gasteiger partial charge in [-0.05, 0) is 32.9 Å². The molecule has 1 N–H and O–H groups in total. The van der Waals surface area contributed by atoms with Crippen LogP contribution in [0.5, 0.6) is 11.5 Å². The summed E-state index contributed by atoms with van der Waals surface area (Å²) in [4.78, 5) is 0. The summed E-state index contributed by atoms with van der Waals surface area (Å²) >= 11 is 0. The smallest absolute Gasteiger partial charge is 0.196 e. The number of rotatable bonds is 8. The van der Waals surface area contributed by atoms with Gasteiger partial charge < -0.3 is 19.3 Å². The van der Waals surface area contributed by atoms with Gasteiger partial charge in [0, 0.05) is 25.2 Å². The van der Waals surface area contributed by atoms with Crippen molar-refractivity contribution in [2.24, 2.45) is 0 Å². The van der Waals surface area contributed by atoms with Crippen LogP contribution in [0.4, 0.5) is 0 Å². The molecule has 1 aromatic rings. The summed E-state index contributed by atoms with van der Waals surface area (Å²) in [5, 5.41) is 9.13. The Hall–Kier alpha value is -1.26. The lowest BCUT2D eigenvalue weighted by Crippen LogP contribution is -2.17. The fourth-order valence-corrected chi connectivity index (χ4v) is 1.75. The summed E-state index contributed by atoms with van der Waals surface area (Å²) in [5.41, 5.74) is 0.883. The summed E-state index contributed by atoms with van der Waals surface area (Å²) in [6.45, 7) is 6.94. The van der Waals surface area contributed by atoms with E-state index in [0.29, 0.717) is 25.4 Å². The van der Waals surface area contributed by atoms with Crippen LogP contribution in [0.1, 0.15) is 26.3 Å². The molecule has 4 heteroatoms. The van der Waals surface area contributed by atoms with Crippen LogP contribution in [0.25, 0.3) is 0 Å². The van der Waals surface area contributed by atoms with E-state index in [0.717, 1.165) is 11.3 Å². The van der Waals surface area contributed by atoms with Crippen LogP contribution < -0.4 is 9.47 Å². The van der Waals surface area contributed by atoms with Crippen molar-refractivity contribution in [3.8, 4) is 11.5 Å². The van der Waals surface area contributed by atoms with Crippen molar-refractivity contribution >= 4 is 0 Å². The van der Waals surface area contributed by atoms with Crippen LogP contribution in [0.15, 0.2) is 18.2 Å². The molecule has 0 heterocycles. The van der Waals surface area contributed by atoms with Crippen molar-refractivity contribution < 1.29 is 19.3 Å². The van der Waals surface area contributed by atoms with Gasteiger partial charge in [0.05, 0.1) is 6.61 Å². The SMILES string of the molecule is CCOc1cccc(OC(C)OCC)c1CCO. The number of ether oxygens (including phenoxy) is 3. The molecule has 0 aromatic heterocycles. The first kappa shape index (κ1) is 14.8. The van der Waals surface area contributed by atoms with Gasteiger partial charge in [0.25, 0.3) is 0 Å². The van der Waals surface area contributed by atoms with E-state index in [1.54, 1.807) is 0 Å². The van der Waals surface area contributed by atoms with Crippen molar-refractivity contribution in [3.05, 3.63) is 23.8 Å². The highest BCUT2D eigenvalue weighted by Gasteiger charge is 2.12. The highest BCUT2D eigenvalue weighted by Crippen LogP contribution is 2.29. The highest BCUT2D eigenvalue weighted by atomic mass is 16.7. The number of aliphatic hydroxyl groups is 1. The number of hydrogen-bond donors (Lipinski definition) is 1. The molecule has 0 bridgehead atoms. The first-order valence-corrected chi connectivity index (χ1v) is 6.36. The average Bonchev–Trinajstić information content (AvgIpc) is 2.34. The van der Waals surface area contributed by atoms with E-state index in [2.05, 4.69) is 0 Å². The molecule has 1 atom stereocenters. The molecule has 0 radical (unpaired) electrons. The average molecular weight is 254 g/mol. The van der Waals surface area contributed by atoms with Crippen LogP contribution in [0.3, 0.4) is 0 Å². The first-order valence-electron chi connectivity index (χ1n) is 6.36. The molecular formula is C14H22O4. The molecular weight excluding hydrogens is 232 g/mol. The lowest BCUT2D eigenvalue weighted by atomic mass is 10.1. The minimum atomic E-state index is -0.315. The third kappa shape index (κ3) is 4.20. The van der Waals surface area contributed by atoms with Gasteiger partial charge in [-0.15, -0.1) is 0 Å². The minimum Gasteiger partial charge on any atom is -0.493 e. The topological polar surface area (TPSA) is 47.9 Å². The van der Waals surface area contributed by atoms with Crippen LogP contribution in [0, 0.1) is 0 Å². The largest absolute Gasteiger partial charge is 0.493 e. The molecule has 0 aliphatic carbocycles. The first-order chi connectivity index (χ1) is 8.72. The summed E-state index contributed by atoms with van der Waals surface area (Å²) in [7, 11) is 0. The number of hydrogen-bond acceptors (Lipinski definition) is 4. The van der Waals surface area contributed by atoms with E-state index in [1.807, 2.05) is 39.0 Å². The molecule has 0 spiro atoms. The Morgan fingerprint density at radius 1 is 1.17 bits per heavy atom. The summed E-state index contributed by atoms with van der Waals surface area (Å²) in [5.74, 6) is 1.46. The van der Waals surface area contributed by atoms with Gasteiger partial charge in [0.15, 0.2) is 6.29 Å². The van der Waals surface area contributed by atoms with E-state index in [4.69, 9.17) is 19.3 Å². The molecule has 1 unspecified atom stereocenters. The quantitative estimate of drug-likeness (QED) is 0.724. The third-order valence-electron chi connectivity index (χ3n) is 2.45. The standard InChI is InChI=1S/C14H22O4/c1-4-16-11(3)18-14-8-6-7-13(17-5-2)12(14)9-10-15/h6-8,11,15H,4-5,9-10H2,1-3H3. The maximum atomic E-state index is 9.13. The number of aliphatic hydroxyl groups excluding tert-OH is 1. The van der Waals surface area contributed by atoms with Crippen molar-refractivity contribution in [2.75, 3.05) is 19.8 Å². The van der Waals surface area contributed by atoms with E-state index in [1.165, 1.54) is 0 Å². The van der Waals surface area contributed by atoms with Crippen molar-refractivity contribution in [2.45, 2.75) is 33.5 Å². The fraction of sp³-hybridized carbons (Fsp3) is 0.571. The molecule has 0 aliphatic rings. The zero-order chi connectivity index (χ0) is 13.4. The van der Waals surface area contributed by atoms with Crippen LogP contribution >= 0.6 is 0 Å². The second-order valence-corrected chi connectivity index (χ2v) is 3.78. The van der Waals surface area contributed by atoms with E-state index >= 15 is 0 Å². The van der Waals surface area contributed by atoms with Gasteiger partial charge in [-0.1, -0.05) is 6.07 Å². The zero-order valence-corrected chi connectivity index (χ0v) is 11.3. The maximum absolute atomic E-state index is 9.13. The Labute approximate surface area is 108 Å². The van der Waals surface area contributed by atoms with E-state index in [-0.39, 0.29) is 12.9 Å². The van der Waals surface area contributed by atoms with Gasteiger partial charge in [-0.2, -0.15) is 0 Å². The third-order valence-corrected chi connectivity index (χ3v) is 2.45. The number of benzene rings is 1. The van der Waals surface area contributed by atoms with Crippen molar-refractivity contribution in [1.82, 2.24) is 0 Å². The van der Waals surface area contributed by atoms with Gasteiger partial charge in [0.1, 0.15) is 11.5 Å². The molecule has 4 nitrogen and oxygen atoms in total. The predicted molar refractivity (Wildman–Crippen MR) is 70.1 cm³/mol. The van der Waals surface area contributed by atoms with E-state index < -0.39 is 0 Å². The Balaban J connectivity index is 2.90. The molecule has 0 saturated carbocycles. The Bertz CT molecular complexity index is 352. The monoisotopic (exact) mass is 254 g/mol. The molecule has 0 aliphatic heterocycles. The molecule has 0 amide bonds. The lowest BCUT2D eigenvalue weighted by Gasteiger charge is -2.19. The fourth-order valence-electron chi connectivity index (χ4n) is 1.75. The molecule has 1 rings (SSSR count). The molecule has 18 heavy (non-hydrogen) atoms. The van der Waals surface area contributed by atoms with Crippen molar-refractivity contribution in [1.29, 1.82) is 0 Å². The van der Waals surface area contributed by atoms with Gasteiger partial charge >= 0.3 is 0 Å². The summed E-state index contributed by atoms with van der Waals surface area (Å²) in [6, 6.07) is 5.62. The van der Waals surface area contributed by atoms with Gasteiger partial charge in [0.2, 0.25) is 0 Å². The zero-order valence-electron chi connectivity index (χ0n) is 11.3. The highest BCUT2D eigenvalue weighted by molar-refractivity contribution is 5.45. The summed E-state index contributed by atoms with van der Waals surface area (Å²) in [6.07, 6.45) is 0.189. The molecule has 1 aromatic carbocycles. The van der Waals surface area contributed by atoms with Gasteiger partial charge in [-0.25, -0.2) is 0 Å². The summed E-state index contributed by atoms with van der Waals surface area (Å²) < 4.78 is 16.6. The minimum absolute atomic E-state index is 0.0590. The lowest BCUT2D eigenvalue weighted by molar-refractivity contribution is -0.0619. The van der Waals surface area contributed by atoms with Gasteiger partial charge in [-0.3, -0.25) is 0 Å². The predicted octanol–water partition coefficient (Wildman–Crippen LogP) is 2.38. The maximum Gasteiger partial charge on any atom is 0.196 e. The second-order valence-electron chi connectivity index (χ2n) is 3.78. The normalized spacial score (nSPS) is 12.2. The Morgan fingerprint density at radius 3 is 2.50 bits per heavy atom. The van der Waals surface area contributed by atoms with Crippen LogP contribution in [-0.4, -0.2) is 31.2 Å². The molecule has 0 saturated heterocycles.